The van der Waals surface area contributed by atoms with Gasteiger partial charge in [0.05, 0.1) is 6.04 Å². The van der Waals surface area contributed by atoms with Gasteiger partial charge in [-0.1, -0.05) is 64.4 Å². The lowest BCUT2D eigenvalue weighted by Gasteiger charge is -2.37. The summed E-state index contributed by atoms with van der Waals surface area (Å²) in [5.41, 5.74) is 5.92. The molecule has 2 saturated heterocycles. The fourth-order valence-corrected chi connectivity index (χ4v) is 3.74. The molecule has 0 aromatic heterocycles. The summed E-state index contributed by atoms with van der Waals surface area (Å²) in [4.78, 5) is 26.8. The molecular formula is C22H37N3O2. The topological polar surface area (TPSA) is 75.4 Å². The van der Waals surface area contributed by atoms with Gasteiger partial charge in [-0.05, 0) is 37.8 Å². The molecule has 0 aliphatic carbocycles. The number of amides is 2. The van der Waals surface area contributed by atoms with Gasteiger partial charge in [-0.3, -0.25) is 9.59 Å². The summed E-state index contributed by atoms with van der Waals surface area (Å²) >= 11 is 0. The maximum Gasteiger partial charge on any atom is 0.243 e. The van der Waals surface area contributed by atoms with Gasteiger partial charge in [0.2, 0.25) is 11.8 Å². The molecule has 0 radical (unpaired) electrons. The Balaban J connectivity index is 0.000000665. The van der Waals surface area contributed by atoms with Gasteiger partial charge < -0.3 is 16.0 Å². The van der Waals surface area contributed by atoms with E-state index in [-0.39, 0.29) is 17.9 Å². The summed E-state index contributed by atoms with van der Waals surface area (Å²) in [5, 5.41) is 3.23. The van der Waals surface area contributed by atoms with E-state index >= 15 is 0 Å². The molecule has 152 valence electrons. The van der Waals surface area contributed by atoms with Crippen LogP contribution in [0.15, 0.2) is 30.3 Å². The highest BCUT2D eigenvalue weighted by molar-refractivity contribution is 5.93. The SMILES string of the molecule is CC.CCC.NC(=O)C1(Cc2ccccc2)CCCN1C(=O)C1CCCN1. The minimum Gasteiger partial charge on any atom is -0.368 e. The summed E-state index contributed by atoms with van der Waals surface area (Å²) in [6, 6.07) is 9.65. The maximum absolute atomic E-state index is 12.8. The highest BCUT2D eigenvalue weighted by Crippen LogP contribution is 2.34. The van der Waals surface area contributed by atoms with E-state index in [2.05, 4.69) is 19.2 Å². The Morgan fingerprint density at radius 3 is 2.33 bits per heavy atom. The summed E-state index contributed by atoms with van der Waals surface area (Å²) in [6.07, 6.45) is 5.08. The third-order valence-electron chi connectivity index (χ3n) is 4.91. The van der Waals surface area contributed by atoms with Crippen LogP contribution in [0.25, 0.3) is 0 Å². The largest absolute Gasteiger partial charge is 0.368 e. The molecule has 2 fully saturated rings. The van der Waals surface area contributed by atoms with Crippen LogP contribution in [0, 0.1) is 0 Å². The normalized spacial score (nSPS) is 23.7. The third-order valence-corrected chi connectivity index (χ3v) is 4.91. The van der Waals surface area contributed by atoms with Crippen molar-refractivity contribution in [2.24, 2.45) is 5.73 Å². The molecule has 1 aromatic carbocycles. The lowest BCUT2D eigenvalue weighted by Crippen LogP contribution is -2.60. The molecule has 0 bridgehead atoms. The molecule has 2 atom stereocenters. The lowest BCUT2D eigenvalue weighted by molar-refractivity contribution is -0.144. The van der Waals surface area contributed by atoms with E-state index in [1.807, 2.05) is 44.2 Å². The standard InChI is InChI=1S/C17H23N3O2.C3H8.C2H6/c18-16(22)17(12-13-6-2-1-3-7-13)9-5-11-20(17)15(21)14-8-4-10-19-14;1-3-2;1-2/h1-3,6-7,14,19H,4-5,8-12H2,(H2,18,22);3H2,1-2H3;1-2H3. The molecule has 1 aromatic rings. The Kier molecular flexibility index (Phi) is 10.1. The summed E-state index contributed by atoms with van der Waals surface area (Å²) in [5.74, 6) is -0.357. The van der Waals surface area contributed by atoms with E-state index in [0.29, 0.717) is 19.4 Å². The average molecular weight is 376 g/mol. The number of benzene rings is 1. The van der Waals surface area contributed by atoms with Gasteiger partial charge in [-0.15, -0.1) is 0 Å². The van der Waals surface area contributed by atoms with Crippen LogP contribution in [0.2, 0.25) is 0 Å². The van der Waals surface area contributed by atoms with Gasteiger partial charge in [0.1, 0.15) is 5.54 Å². The van der Waals surface area contributed by atoms with Crippen LogP contribution in [0.4, 0.5) is 0 Å². The third kappa shape index (κ3) is 5.80. The number of carbonyl (C=O) groups is 2. The van der Waals surface area contributed by atoms with Crippen LogP contribution in [0.1, 0.15) is 65.4 Å². The summed E-state index contributed by atoms with van der Waals surface area (Å²) in [6.45, 7) is 9.74. The minimum absolute atomic E-state index is 0.0322. The van der Waals surface area contributed by atoms with Gasteiger partial charge in [0.25, 0.3) is 0 Å². The van der Waals surface area contributed by atoms with Crippen molar-refractivity contribution in [2.75, 3.05) is 13.1 Å². The monoisotopic (exact) mass is 375 g/mol. The van der Waals surface area contributed by atoms with E-state index in [1.54, 1.807) is 4.90 Å². The molecule has 2 aliphatic rings. The van der Waals surface area contributed by atoms with E-state index < -0.39 is 5.54 Å². The zero-order valence-corrected chi connectivity index (χ0v) is 17.5. The molecule has 5 heteroatoms. The highest BCUT2D eigenvalue weighted by atomic mass is 16.2. The Morgan fingerprint density at radius 1 is 1.19 bits per heavy atom. The molecule has 0 saturated carbocycles. The van der Waals surface area contributed by atoms with Gasteiger partial charge in [-0.25, -0.2) is 0 Å². The zero-order valence-electron chi connectivity index (χ0n) is 17.5. The molecule has 3 rings (SSSR count). The number of primary amides is 1. The highest BCUT2D eigenvalue weighted by Gasteiger charge is 2.49. The molecular weight excluding hydrogens is 338 g/mol. The molecule has 0 spiro atoms. The van der Waals surface area contributed by atoms with Crippen molar-refractivity contribution in [2.45, 2.75) is 77.8 Å². The maximum atomic E-state index is 12.8. The first-order chi connectivity index (χ1) is 13.0. The second kappa shape index (κ2) is 11.8. The van der Waals surface area contributed by atoms with Crippen LogP contribution in [-0.4, -0.2) is 41.4 Å². The second-order valence-electron chi connectivity index (χ2n) is 7.01. The summed E-state index contributed by atoms with van der Waals surface area (Å²) in [7, 11) is 0. The van der Waals surface area contributed by atoms with Crippen molar-refractivity contribution in [3.05, 3.63) is 35.9 Å². The fourth-order valence-electron chi connectivity index (χ4n) is 3.74. The van der Waals surface area contributed by atoms with E-state index in [0.717, 1.165) is 31.4 Å². The first-order valence-corrected chi connectivity index (χ1v) is 10.4. The number of nitrogens with zero attached hydrogens (tertiary/aromatic N) is 1. The minimum atomic E-state index is -0.872. The number of nitrogens with two attached hydrogens (primary N) is 1. The molecule has 2 unspecified atom stereocenters. The molecule has 27 heavy (non-hydrogen) atoms. The zero-order chi connectivity index (χ0) is 20.3. The van der Waals surface area contributed by atoms with Crippen molar-refractivity contribution < 1.29 is 9.59 Å². The van der Waals surface area contributed by atoms with Gasteiger partial charge in [-0.2, -0.15) is 0 Å². The molecule has 2 heterocycles. The van der Waals surface area contributed by atoms with E-state index in [9.17, 15) is 9.59 Å². The second-order valence-corrected chi connectivity index (χ2v) is 7.01. The van der Waals surface area contributed by atoms with Crippen LogP contribution in [0.5, 0.6) is 0 Å². The number of nitrogens with one attached hydrogen (secondary N) is 1. The van der Waals surface area contributed by atoms with Crippen LogP contribution < -0.4 is 11.1 Å². The molecule has 2 aliphatic heterocycles. The Labute approximate surface area is 164 Å². The number of likely N-dealkylation sites (tertiary alicyclic amines) is 1. The average Bonchev–Trinajstić information content (AvgIpc) is 3.35. The van der Waals surface area contributed by atoms with Crippen molar-refractivity contribution in [1.82, 2.24) is 10.2 Å². The molecule has 5 nitrogen and oxygen atoms in total. The van der Waals surface area contributed by atoms with Gasteiger partial charge in [0.15, 0.2) is 0 Å². The van der Waals surface area contributed by atoms with Crippen LogP contribution in [-0.2, 0) is 16.0 Å². The first-order valence-electron chi connectivity index (χ1n) is 10.4. The number of carbonyl (C=O) groups excluding carboxylic acids is 2. The van der Waals surface area contributed by atoms with E-state index in [4.69, 9.17) is 5.73 Å². The van der Waals surface area contributed by atoms with Crippen molar-refractivity contribution in [1.29, 1.82) is 0 Å². The van der Waals surface area contributed by atoms with Gasteiger partial charge in [0, 0.05) is 13.0 Å². The Morgan fingerprint density at radius 2 is 1.81 bits per heavy atom. The van der Waals surface area contributed by atoms with Crippen LogP contribution >= 0.6 is 0 Å². The lowest BCUT2D eigenvalue weighted by atomic mass is 9.87. The number of hydrogen-bond donors (Lipinski definition) is 2. The predicted molar refractivity (Wildman–Crippen MR) is 111 cm³/mol. The first kappa shape index (κ1) is 23.2. The van der Waals surface area contributed by atoms with Crippen LogP contribution in [0.3, 0.4) is 0 Å². The Hall–Kier alpha value is -1.88. The Bertz CT molecular complexity index is 570. The molecule has 2 amide bonds. The fraction of sp³-hybridized carbons (Fsp3) is 0.636. The van der Waals surface area contributed by atoms with Crippen molar-refractivity contribution >= 4 is 11.8 Å². The van der Waals surface area contributed by atoms with Gasteiger partial charge >= 0.3 is 0 Å². The number of hydrogen-bond acceptors (Lipinski definition) is 3. The predicted octanol–water partition coefficient (Wildman–Crippen LogP) is 3.27. The number of rotatable bonds is 4. The van der Waals surface area contributed by atoms with Crippen molar-refractivity contribution in [3.63, 3.8) is 0 Å². The smallest absolute Gasteiger partial charge is 0.243 e. The quantitative estimate of drug-likeness (QED) is 0.848. The van der Waals surface area contributed by atoms with Crippen molar-refractivity contribution in [3.8, 4) is 0 Å². The molecule has 3 N–H and O–H groups in total. The summed E-state index contributed by atoms with van der Waals surface area (Å²) < 4.78 is 0. The van der Waals surface area contributed by atoms with E-state index in [1.165, 1.54) is 6.42 Å².